The van der Waals surface area contributed by atoms with Crippen molar-refractivity contribution in [3.63, 3.8) is 0 Å². The number of carbonyl (C=O) groups excluding carboxylic acids is 2. The maximum Gasteiger partial charge on any atom is 0.508 e. The van der Waals surface area contributed by atoms with Gasteiger partial charge in [0.05, 0.1) is 0 Å². The van der Waals surface area contributed by atoms with Crippen LogP contribution in [0.15, 0.2) is 0 Å². The van der Waals surface area contributed by atoms with Crippen LogP contribution in [0.4, 0.5) is 4.79 Å². The third-order valence-electron chi connectivity index (χ3n) is 1.94. The van der Waals surface area contributed by atoms with Crippen LogP contribution in [-0.4, -0.2) is 30.9 Å². The Kier molecular flexibility index (Phi) is 1.64. The quantitative estimate of drug-likeness (QED) is 0.530. The molecule has 0 saturated carbocycles. The molecule has 2 saturated heterocycles. The molecule has 2 aliphatic heterocycles. The fraction of sp³-hybridized carbons (Fsp3) is 0.714. The molecular weight excluding hydrogens is 164 g/mol. The molecule has 0 aliphatic carbocycles. The predicted molar refractivity (Wildman–Crippen MR) is 35.3 cm³/mol. The predicted octanol–water partition coefficient (Wildman–Crippen LogP) is 0.227. The van der Waals surface area contributed by atoms with Gasteiger partial charge in [-0.15, -0.1) is 0 Å². The van der Waals surface area contributed by atoms with Crippen LogP contribution < -0.4 is 0 Å². The zero-order chi connectivity index (χ0) is 8.55. The standard InChI is InChI=1S/C7H8O5/c8-6-2-1-4(11-6)5-3-10-7(9)12-5/h4-5H,1-3H2. The fourth-order valence-electron chi connectivity index (χ4n) is 1.33. The number of hydrogen-bond donors (Lipinski definition) is 0. The molecule has 12 heavy (non-hydrogen) atoms. The number of ether oxygens (including phenoxy) is 3. The van der Waals surface area contributed by atoms with Crippen molar-refractivity contribution in [3.05, 3.63) is 0 Å². The first-order valence-corrected chi connectivity index (χ1v) is 3.78. The number of carbonyl (C=O) groups is 2. The molecule has 0 radical (unpaired) electrons. The van der Waals surface area contributed by atoms with Crippen molar-refractivity contribution in [2.24, 2.45) is 0 Å². The molecule has 0 aromatic carbocycles. The summed E-state index contributed by atoms with van der Waals surface area (Å²) in [6, 6.07) is 0. The highest BCUT2D eigenvalue weighted by atomic mass is 16.8. The van der Waals surface area contributed by atoms with E-state index in [4.69, 9.17) is 9.47 Å². The van der Waals surface area contributed by atoms with Gasteiger partial charge in [-0.05, 0) is 6.42 Å². The third-order valence-corrected chi connectivity index (χ3v) is 1.94. The molecule has 5 heteroatoms. The monoisotopic (exact) mass is 172 g/mol. The Morgan fingerprint density at radius 2 is 2.00 bits per heavy atom. The van der Waals surface area contributed by atoms with Gasteiger partial charge in [0.15, 0.2) is 6.10 Å². The Labute approximate surface area is 68.6 Å². The second kappa shape index (κ2) is 2.66. The van der Waals surface area contributed by atoms with Gasteiger partial charge in [0, 0.05) is 6.42 Å². The van der Waals surface area contributed by atoms with Gasteiger partial charge in [-0.3, -0.25) is 4.79 Å². The molecule has 0 aromatic heterocycles. The van der Waals surface area contributed by atoms with Gasteiger partial charge in [-0.1, -0.05) is 0 Å². The Balaban J connectivity index is 1.93. The van der Waals surface area contributed by atoms with Crippen molar-refractivity contribution in [2.45, 2.75) is 25.0 Å². The molecule has 0 amide bonds. The van der Waals surface area contributed by atoms with Crippen LogP contribution >= 0.6 is 0 Å². The Morgan fingerprint density at radius 1 is 1.17 bits per heavy atom. The normalized spacial score (nSPS) is 34.3. The molecule has 2 atom stereocenters. The fourth-order valence-corrected chi connectivity index (χ4v) is 1.33. The summed E-state index contributed by atoms with van der Waals surface area (Å²) >= 11 is 0. The van der Waals surface area contributed by atoms with Crippen molar-refractivity contribution in [1.82, 2.24) is 0 Å². The molecule has 2 unspecified atom stereocenters. The van der Waals surface area contributed by atoms with Crippen LogP contribution in [0.2, 0.25) is 0 Å². The topological polar surface area (TPSA) is 61.8 Å². The van der Waals surface area contributed by atoms with Crippen molar-refractivity contribution >= 4 is 12.1 Å². The van der Waals surface area contributed by atoms with Gasteiger partial charge in [0.1, 0.15) is 12.7 Å². The van der Waals surface area contributed by atoms with Crippen molar-refractivity contribution in [3.8, 4) is 0 Å². The zero-order valence-corrected chi connectivity index (χ0v) is 6.32. The molecule has 2 rings (SSSR count). The Morgan fingerprint density at radius 3 is 2.50 bits per heavy atom. The lowest BCUT2D eigenvalue weighted by atomic mass is 10.1. The molecule has 0 aromatic rings. The summed E-state index contributed by atoms with van der Waals surface area (Å²) in [4.78, 5) is 21.2. The lowest BCUT2D eigenvalue weighted by Gasteiger charge is -2.12. The largest absolute Gasteiger partial charge is 0.508 e. The van der Waals surface area contributed by atoms with Crippen LogP contribution in [0.25, 0.3) is 0 Å². The maximum atomic E-state index is 10.7. The van der Waals surface area contributed by atoms with E-state index in [-0.39, 0.29) is 18.7 Å². The molecule has 2 aliphatic rings. The van der Waals surface area contributed by atoms with Gasteiger partial charge >= 0.3 is 12.1 Å². The zero-order valence-electron chi connectivity index (χ0n) is 6.32. The number of cyclic esters (lactones) is 3. The summed E-state index contributed by atoms with van der Waals surface area (Å²) in [7, 11) is 0. The molecule has 0 spiro atoms. The second-order valence-corrected chi connectivity index (χ2v) is 2.78. The molecule has 5 nitrogen and oxygen atoms in total. The van der Waals surface area contributed by atoms with E-state index >= 15 is 0 Å². The van der Waals surface area contributed by atoms with Crippen LogP contribution in [0.1, 0.15) is 12.8 Å². The summed E-state index contributed by atoms with van der Waals surface area (Å²) in [5, 5.41) is 0. The smallest absolute Gasteiger partial charge is 0.458 e. The average Bonchev–Trinajstić information content (AvgIpc) is 2.58. The first kappa shape index (κ1) is 7.39. The van der Waals surface area contributed by atoms with Crippen molar-refractivity contribution < 1.29 is 23.8 Å². The SMILES string of the molecule is O=C1CCC(C2COC(=O)O2)O1. The molecule has 0 bridgehead atoms. The molecule has 66 valence electrons. The van der Waals surface area contributed by atoms with Gasteiger partial charge in [0.2, 0.25) is 0 Å². The van der Waals surface area contributed by atoms with Crippen LogP contribution in [0.5, 0.6) is 0 Å². The minimum Gasteiger partial charge on any atom is -0.458 e. The van der Waals surface area contributed by atoms with E-state index in [0.29, 0.717) is 12.8 Å². The summed E-state index contributed by atoms with van der Waals surface area (Å²) in [6.45, 7) is 0.191. The summed E-state index contributed by atoms with van der Waals surface area (Å²) in [5.41, 5.74) is 0. The van der Waals surface area contributed by atoms with Gasteiger partial charge < -0.3 is 14.2 Å². The number of esters is 1. The number of rotatable bonds is 1. The van der Waals surface area contributed by atoms with Crippen LogP contribution in [-0.2, 0) is 19.0 Å². The minimum atomic E-state index is -0.678. The lowest BCUT2D eigenvalue weighted by Crippen LogP contribution is -2.27. The van der Waals surface area contributed by atoms with Gasteiger partial charge in [-0.2, -0.15) is 0 Å². The molecule has 0 N–H and O–H groups in total. The highest BCUT2D eigenvalue weighted by Crippen LogP contribution is 2.22. The van der Waals surface area contributed by atoms with E-state index in [9.17, 15) is 9.59 Å². The molecular formula is C7H8O5. The lowest BCUT2D eigenvalue weighted by molar-refractivity contribution is -0.144. The highest BCUT2D eigenvalue weighted by Gasteiger charge is 2.38. The summed E-state index contributed by atoms with van der Waals surface area (Å²) in [6.07, 6.45) is -0.366. The summed E-state index contributed by atoms with van der Waals surface area (Å²) in [5.74, 6) is -0.233. The first-order chi connectivity index (χ1) is 5.75. The van der Waals surface area contributed by atoms with Crippen molar-refractivity contribution in [1.29, 1.82) is 0 Å². The van der Waals surface area contributed by atoms with E-state index in [0.717, 1.165) is 0 Å². The van der Waals surface area contributed by atoms with Gasteiger partial charge in [-0.25, -0.2) is 4.79 Å². The van der Waals surface area contributed by atoms with E-state index in [1.807, 2.05) is 0 Å². The Bertz CT molecular complexity index is 200. The maximum absolute atomic E-state index is 10.7. The highest BCUT2D eigenvalue weighted by molar-refractivity contribution is 5.71. The van der Waals surface area contributed by atoms with E-state index in [1.54, 1.807) is 0 Å². The summed E-state index contributed by atoms with van der Waals surface area (Å²) < 4.78 is 14.2. The minimum absolute atomic E-state index is 0.191. The van der Waals surface area contributed by atoms with E-state index in [1.165, 1.54) is 0 Å². The average molecular weight is 172 g/mol. The van der Waals surface area contributed by atoms with Crippen LogP contribution in [0.3, 0.4) is 0 Å². The van der Waals surface area contributed by atoms with Gasteiger partial charge in [0.25, 0.3) is 0 Å². The second-order valence-electron chi connectivity index (χ2n) is 2.78. The molecule has 2 fully saturated rings. The number of hydrogen-bond acceptors (Lipinski definition) is 5. The molecule has 2 heterocycles. The van der Waals surface area contributed by atoms with Crippen molar-refractivity contribution in [2.75, 3.05) is 6.61 Å². The van der Waals surface area contributed by atoms with E-state index in [2.05, 4.69) is 4.74 Å². The van der Waals surface area contributed by atoms with Crippen LogP contribution in [0, 0.1) is 0 Å². The van der Waals surface area contributed by atoms with E-state index < -0.39 is 12.3 Å². The Hall–Kier alpha value is -1.26. The first-order valence-electron chi connectivity index (χ1n) is 3.78. The third kappa shape index (κ3) is 1.22.